The Kier molecular flexibility index (Phi) is 5.92. The third-order valence-electron chi connectivity index (χ3n) is 5.08. The molecule has 2 aromatic carbocycles. The zero-order valence-corrected chi connectivity index (χ0v) is 16.8. The second-order valence-electron chi connectivity index (χ2n) is 7.30. The van der Waals surface area contributed by atoms with Crippen molar-refractivity contribution in [1.82, 2.24) is 4.90 Å². The first-order valence-electron chi connectivity index (χ1n) is 9.51. The van der Waals surface area contributed by atoms with Gasteiger partial charge in [-0.3, -0.25) is 24.1 Å². The van der Waals surface area contributed by atoms with Gasteiger partial charge in [0.25, 0.3) is 11.8 Å². The van der Waals surface area contributed by atoms with Crippen molar-refractivity contribution in [3.8, 4) is 0 Å². The maximum atomic E-state index is 12.4. The first kappa shape index (κ1) is 20.5. The SMILES string of the molecule is Cc1ccc2c(c1)C(=O)N(CCCC(=O)OCC(=O)c1ccc(C)c(C)c1)C2=O. The van der Waals surface area contributed by atoms with E-state index in [1.165, 1.54) is 0 Å². The van der Waals surface area contributed by atoms with Crippen LogP contribution in [0.25, 0.3) is 0 Å². The number of Topliss-reactive ketones (excluding diaryl/α,β-unsaturated/α-hetero) is 1. The molecule has 0 aromatic heterocycles. The molecule has 0 radical (unpaired) electrons. The maximum absolute atomic E-state index is 12.4. The lowest BCUT2D eigenvalue weighted by molar-refractivity contribution is -0.142. The molecule has 6 nitrogen and oxygen atoms in total. The minimum Gasteiger partial charge on any atom is -0.457 e. The highest BCUT2D eigenvalue weighted by Crippen LogP contribution is 2.24. The van der Waals surface area contributed by atoms with Crippen LogP contribution in [0.15, 0.2) is 36.4 Å². The van der Waals surface area contributed by atoms with Crippen LogP contribution in [0.3, 0.4) is 0 Å². The van der Waals surface area contributed by atoms with Crippen molar-refractivity contribution in [1.29, 1.82) is 0 Å². The number of ether oxygens (including phenoxy) is 1. The van der Waals surface area contributed by atoms with Crippen LogP contribution in [-0.2, 0) is 9.53 Å². The van der Waals surface area contributed by atoms with E-state index in [9.17, 15) is 19.2 Å². The van der Waals surface area contributed by atoms with Crippen molar-refractivity contribution in [3.63, 3.8) is 0 Å². The van der Waals surface area contributed by atoms with Gasteiger partial charge in [0.05, 0.1) is 11.1 Å². The summed E-state index contributed by atoms with van der Waals surface area (Å²) in [5, 5.41) is 0. The van der Waals surface area contributed by atoms with Crippen LogP contribution in [0.5, 0.6) is 0 Å². The lowest BCUT2D eigenvalue weighted by Crippen LogP contribution is -2.31. The summed E-state index contributed by atoms with van der Waals surface area (Å²) in [7, 11) is 0. The summed E-state index contributed by atoms with van der Waals surface area (Å²) < 4.78 is 5.05. The molecule has 2 aromatic rings. The summed E-state index contributed by atoms with van der Waals surface area (Å²) in [5.74, 6) is -1.48. The summed E-state index contributed by atoms with van der Waals surface area (Å²) in [4.78, 5) is 50.0. The lowest BCUT2D eigenvalue weighted by Gasteiger charge is -2.13. The van der Waals surface area contributed by atoms with Gasteiger partial charge in [0.1, 0.15) is 0 Å². The van der Waals surface area contributed by atoms with Crippen LogP contribution >= 0.6 is 0 Å². The molecule has 0 N–H and O–H groups in total. The van der Waals surface area contributed by atoms with Crippen LogP contribution in [0.4, 0.5) is 0 Å². The minimum atomic E-state index is -0.533. The Morgan fingerprint density at radius 2 is 1.62 bits per heavy atom. The molecule has 29 heavy (non-hydrogen) atoms. The Labute approximate surface area is 169 Å². The number of carbonyl (C=O) groups excluding carboxylic acids is 4. The van der Waals surface area contributed by atoms with Gasteiger partial charge in [-0.25, -0.2) is 0 Å². The van der Waals surface area contributed by atoms with Crippen LogP contribution in [0.2, 0.25) is 0 Å². The van der Waals surface area contributed by atoms with E-state index < -0.39 is 5.97 Å². The fourth-order valence-corrected chi connectivity index (χ4v) is 3.21. The molecule has 1 heterocycles. The number of amides is 2. The number of hydrogen-bond acceptors (Lipinski definition) is 5. The highest BCUT2D eigenvalue weighted by Gasteiger charge is 2.35. The average Bonchev–Trinajstić information content (AvgIpc) is 2.92. The maximum Gasteiger partial charge on any atom is 0.306 e. The second-order valence-corrected chi connectivity index (χ2v) is 7.30. The summed E-state index contributed by atoms with van der Waals surface area (Å²) in [6.07, 6.45) is 0.299. The zero-order valence-electron chi connectivity index (χ0n) is 16.8. The minimum absolute atomic E-state index is 0.0205. The van der Waals surface area contributed by atoms with Crippen molar-refractivity contribution in [2.75, 3.05) is 13.2 Å². The Bertz CT molecular complexity index is 1010. The van der Waals surface area contributed by atoms with E-state index in [0.717, 1.165) is 21.6 Å². The number of fused-ring (bicyclic) bond motifs is 1. The summed E-state index contributed by atoms with van der Waals surface area (Å²) >= 11 is 0. The first-order valence-corrected chi connectivity index (χ1v) is 9.51. The van der Waals surface area contributed by atoms with Gasteiger partial charge < -0.3 is 4.74 Å². The zero-order chi connectivity index (χ0) is 21.1. The van der Waals surface area contributed by atoms with E-state index in [0.29, 0.717) is 16.7 Å². The molecule has 0 aliphatic carbocycles. The molecular weight excluding hydrogens is 370 g/mol. The van der Waals surface area contributed by atoms with Gasteiger partial charge in [-0.1, -0.05) is 23.8 Å². The van der Waals surface area contributed by atoms with Gasteiger partial charge in [0.2, 0.25) is 0 Å². The number of rotatable bonds is 7. The van der Waals surface area contributed by atoms with E-state index in [1.807, 2.05) is 26.8 Å². The highest BCUT2D eigenvalue weighted by molar-refractivity contribution is 6.21. The van der Waals surface area contributed by atoms with Crippen LogP contribution < -0.4 is 0 Å². The van der Waals surface area contributed by atoms with Gasteiger partial charge >= 0.3 is 5.97 Å². The lowest BCUT2D eigenvalue weighted by atomic mass is 10.0. The smallest absolute Gasteiger partial charge is 0.306 e. The molecule has 0 fully saturated rings. The van der Waals surface area contributed by atoms with E-state index in [4.69, 9.17) is 4.74 Å². The molecule has 0 unspecified atom stereocenters. The number of ketones is 1. The molecule has 150 valence electrons. The van der Waals surface area contributed by atoms with Crippen molar-refractivity contribution in [2.45, 2.75) is 33.6 Å². The second kappa shape index (κ2) is 8.39. The molecule has 1 aliphatic heterocycles. The predicted octanol–water partition coefficient (Wildman–Crippen LogP) is 3.41. The molecule has 0 spiro atoms. The Balaban J connectivity index is 1.47. The fourth-order valence-electron chi connectivity index (χ4n) is 3.21. The number of nitrogens with zero attached hydrogens (tertiary/aromatic N) is 1. The number of hydrogen-bond donors (Lipinski definition) is 0. The number of aryl methyl sites for hydroxylation is 3. The normalized spacial score (nSPS) is 12.9. The molecule has 0 saturated heterocycles. The Hall–Kier alpha value is -3.28. The van der Waals surface area contributed by atoms with E-state index in [1.54, 1.807) is 30.3 Å². The summed E-state index contributed by atoms with van der Waals surface area (Å²) in [6.45, 7) is 5.53. The number of esters is 1. The van der Waals surface area contributed by atoms with Crippen LogP contribution in [0.1, 0.15) is 60.6 Å². The van der Waals surface area contributed by atoms with Crippen LogP contribution in [0, 0.1) is 20.8 Å². The number of carbonyl (C=O) groups is 4. The molecule has 1 aliphatic rings. The molecule has 3 rings (SSSR count). The number of benzene rings is 2. The van der Waals surface area contributed by atoms with E-state index in [2.05, 4.69) is 0 Å². The number of imide groups is 1. The first-order chi connectivity index (χ1) is 13.8. The Morgan fingerprint density at radius 3 is 2.34 bits per heavy atom. The standard InChI is InChI=1S/C23H23NO5/c1-14-6-9-18-19(11-14)23(28)24(22(18)27)10-4-5-21(26)29-13-20(25)17-8-7-15(2)16(3)12-17/h6-9,11-12H,4-5,10,13H2,1-3H3. The summed E-state index contributed by atoms with van der Waals surface area (Å²) in [6, 6.07) is 10.5. The van der Waals surface area contributed by atoms with Gasteiger partial charge in [-0.15, -0.1) is 0 Å². The Morgan fingerprint density at radius 1 is 0.897 bits per heavy atom. The van der Waals surface area contributed by atoms with Gasteiger partial charge in [0, 0.05) is 18.5 Å². The van der Waals surface area contributed by atoms with Gasteiger partial charge in [-0.2, -0.15) is 0 Å². The third kappa shape index (κ3) is 4.42. The third-order valence-corrected chi connectivity index (χ3v) is 5.08. The van der Waals surface area contributed by atoms with Crippen LogP contribution in [-0.4, -0.2) is 41.6 Å². The quantitative estimate of drug-likeness (QED) is 0.409. The summed E-state index contributed by atoms with van der Waals surface area (Å²) in [5.41, 5.74) is 4.28. The predicted molar refractivity (Wildman–Crippen MR) is 107 cm³/mol. The highest BCUT2D eigenvalue weighted by atomic mass is 16.5. The molecule has 0 bridgehead atoms. The largest absolute Gasteiger partial charge is 0.457 e. The topological polar surface area (TPSA) is 80.8 Å². The molecular formula is C23H23NO5. The van der Waals surface area contributed by atoms with Crippen molar-refractivity contribution < 1.29 is 23.9 Å². The molecule has 2 amide bonds. The van der Waals surface area contributed by atoms with E-state index >= 15 is 0 Å². The average molecular weight is 393 g/mol. The van der Waals surface area contributed by atoms with E-state index in [-0.39, 0.29) is 43.6 Å². The fraction of sp³-hybridized carbons (Fsp3) is 0.304. The monoisotopic (exact) mass is 393 g/mol. The van der Waals surface area contributed by atoms with Crippen molar-refractivity contribution >= 4 is 23.6 Å². The van der Waals surface area contributed by atoms with Crippen molar-refractivity contribution in [3.05, 3.63) is 69.8 Å². The molecule has 6 heteroatoms. The molecule has 0 atom stereocenters. The van der Waals surface area contributed by atoms with Crippen molar-refractivity contribution in [2.24, 2.45) is 0 Å². The van der Waals surface area contributed by atoms with Gasteiger partial charge in [-0.05, 0) is 56.5 Å². The van der Waals surface area contributed by atoms with Gasteiger partial charge in [0.15, 0.2) is 12.4 Å². The molecule has 0 saturated carbocycles.